The van der Waals surface area contributed by atoms with Crippen LogP contribution in [0.4, 0.5) is 9.59 Å². The van der Waals surface area contributed by atoms with Crippen LogP contribution in [0.25, 0.3) is 0 Å². The van der Waals surface area contributed by atoms with Gasteiger partial charge in [-0.05, 0) is 137 Å². The molecule has 24 nitrogen and oxygen atoms in total. The van der Waals surface area contributed by atoms with Crippen LogP contribution >= 0.6 is 0 Å². The van der Waals surface area contributed by atoms with Gasteiger partial charge in [0.2, 0.25) is 29.4 Å². The van der Waals surface area contributed by atoms with Gasteiger partial charge in [0, 0.05) is 38.3 Å². The summed E-state index contributed by atoms with van der Waals surface area (Å²) in [5, 5.41) is 31.9. The van der Waals surface area contributed by atoms with Crippen molar-refractivity contribution < 1.29 is 65.1 Å². The number of nitrogens with zero attached hydrogens (tertiary/aromatic N) is 2. The Kier molecular flexibility index (Phi) is 23.7. The molecule has 0 aromatic carbocycles. The van der Waals surface area contributed by atoms with Crippen molar-refractivity contribution in [1.82, 2.24) is 52.3 Å². The topological polar surface area (TPSA) is 345 Å². The molecule has 6 aliphatic carbocycles. The van der Waals surface area contributed by atoms with Crippen LogP contribution in [0.15, 0.2) is 25.3 Å². The van der Waals surface area contributed by atoms with Crippen LogP contribution < -0.4 is 42.5 Å². The number of carbonyl (C=O) groups is 9. The third-order valence-electron chi connectivity index (χ3n) is 22.1. The standard InChI is InChI=1S/C35H59N5O7S.C35H57N5O7S/c2*1-10-17-36-30(43)27(41)23(18-20-15-16-20)37-29(42)26-25-21(35(25,8)9)19-40(26)31(44)28(33(2,3)4)39-32(45)38-22-13-11-12-14-24(22)48(46,47)34(5,6)7/h10,20-28,41H,1,11-19H2,2-9H3,(H,36,43)(H,37,42)(H2,38,39,45);10,20-26,28H,1,11-19H2,2-9H3,(H,36,43)(H,37,42)(H2,38,39,45)/t21-,22-,23?,24+,25-,26-,27?,28+;21-,22-,23?,24+,25-,26-,28+/m00/s1. The lowest BCUT2D eigenvalue weighted by atomic mass is 9.85. The fraction of sp³-hybridized carbons (Fsp3) is 0.814. The number of sulfone groups is 2. The number of amides is 10. The highest BCUT2D eigenvalue weighted by Crippen LogP contribution is 2.66. The number of aliphatic hydroxyl groups excluding tert-OH is 1. The lowest BCUT2D eigenvalue weighted by Gasteiger charge is -2.39. The van der Waals surface area contributed by atoms with E-state index in [9.17, 15) is 65.1 Å². The summed E-state index contributed by atoms with van der Waals surface area (Å²) in [5.74, 6) is -3.39. The minimum atomic E-state index is -3.56. The van der Waals surface area contributed by atoms with Crippen LogP contribution in [0.3, 0.4) is 0 Å². The molecule has 8 fully saturated rings. The van der Waals surface area contributed by atoms with Crippen molar-refractivity contribution in [2.45, 2.75) is 275 Å². The monoisotopic (exact) mass is 1380 g/mol. The second kappa shape index (κ2) is 29.3. The van der Waals surface area contributed by atoms with E-state index in [2.05, 4.69) is 83.4 Å². The van der Waals surface area contributed by atoms with Crippen molar-refractivity contribution in [1.29, 1.82) is 0 Å². The van der Waals surface area contributed by atoms with Gasteiger partial charge in [-0.3, -0.25) is 33.6 Å². The lowest BCUT2D eigenvalue weighted by molar-refractivity contribution is -0.145. The molecule has 10 amide bonds. The molecule has 0 radical (unpaired) electrons. The highest BCUT2D eigenvalue weighted by atomic mass is 32.2. The number of aliphatic hydroxyl groups is 1. The average molecular weight is 1390 g/mol. The maximum Gasteiger partial charge on any atom is 0.315 e. The number of hydrogen-bond donors (Lipinski definition) is 9. The van der Waals surface area contributed by atoms with Crippen LogP contribution in [-0.2, 0) is 53.2 Å². The molecule has 542 valence electrons. The Labute approximate surface area is 571 Å². The molecule has 8 rings (SSSR count). The van der Waals surface area contributed by atoms with Gasteiger partial charge < -0.3 is 57.4 Å². The smallest absolute Gasteiger partial charge is 0.315 e. The molecule has 2 heterocycles. The molecular formula is C70H116N10O14S2. The molecule has 15 atom stereocenters. The molecule has 96 heavy (non-hydrogen) atoms. The van der Waals surface area contributed by atoms with E-state index in [0.717, 1.165) is 51.4 Å². The second-order valence-corrected chi connectivity index (χ2v) is 40.0. The summed E-state index contributed by atoms with van der Waals surface area (Å²) in [6.07, 6.45) is 11.1. The van der Waals surface area contributed by atoms with E-state index in [1.54, 1.807) is 46.4 Å². The third kappa shape index (κ3) is 17.5. The Bertz CT molecular complexity index is 3190. The first kappa shape index (κ1) is 77.7. The van der Waals surface area contributed by atoms with Crippen molar-refractivity contribution in [3.8, 4) is 0 Å². The minimum absolute atomic E-state index is 0.0609. The van der Waals surface area contributed by atoms with Crippen molar-refractivity contribution in [2.24, 2.45) is 57.2 Å². The number of fused-ring (bicyclic) bond motifs is 2. The SMILES string of the molecule is C=CCNC(=O)C(=O)C(CC1CC1)NC(=O)[C@@H]1[C@@H]2[C@H](CN1C(=O)[C@@H](NC(=O)N[C@H]1CCCC[C@H]1S(=O)(=O)C(C)(C)C)C(C)(C)C)C2(C)C.C=CCNC(=O)C(O)C(CC1CC1)NC(=O)[C@@H]1[C@@H]2[C@H](CN1C(=O)[C@@H](NC(=O)N[C@H]1CCCC[C@H]1S(=O)(=O)C(C)(C)C)C(C)(C)C)C2(C)C. The van der Waals surface area contributed by atoms with Crippen molar-refractivity contribution in [2.75, 3.05) is 26.2 Å². The van der Waals surface area contributed by atoms with E-state index >= 15 is 0 Å². The predicted octanol–water partition coefficient (Wildman–Crippen LogP) is 5.52. The number of carbonyl (C=O) groups excluding carboxylic acids is 9. The molecule has 9 N–H and O–H groups in total. The van der Waals surface area contributed by atoms with Gasteiger partial charge in [0.05, 0.1) is 32.1 Å². The molecule has 2 aliphatic heterocycles. The maximum absolute atomic E-state index is 14.4. The van der Waals surface area contributed by atoms with Crippen LogP contribution in [-0.4, -0.2) is 186 Å². The van der Waals surface area contributed by atoms with E-state index in [1.165, 1.54) is 17.1 Å². The van der Waals surface area contributed by atoms with E-state index in [1.807, 2.05) is 41.5 Å². The largest absolute Gasteiger partial charge is 0.381 e. The molecular weight excluding hydrogens is 1270 g/mol. The van der Waals surface area contributed by atoms with Crippen molar-refractivity contribution in [3.63, 3.8) is 0 Å². The molecule has 0 spiro atoms. The molecule has 6 saturated carbocycles. The van der Waals surface area contributed by atoms with Crippen LogP contribution in [0.1, 0.15) is 201 Å². The number of rotatable bonds is 24. The Hall–Kier alpha value is -5.63. The molecule has 8 aliphatic rings. The predicted molar refractivity (Wildman–Crippen MR) is 368 cm³/mol. The number of nitrogens with one attached hydrogen (secondary N) is 8. The minimum Gasteiger partial charge on any atom is -0.381 e. The maximum atomic E-state index is 14.4. The Morgan fingerprint density at radius 3 is 1.28 bits per heavy atom. The van der Waals surface area contributed by atoms with E-state index in [4.69, 9.17) is 0 Å². The first-order valence-electron chi connectivity index (χ1n) is 35.1. The highest BCUT2D eigenvalue weighted by Gasteiger charge is 2.71. The summed E-state index contributed by atoms with van der Waals surface area (Å²) < 4.78 is 51.6. The number of Topliss-reactive ketones (excluding diaryl/α,β-unsaturated/α-hetero) is 1. The summed E-state index contributed by atoms with van der Waals surface area (Å²) in [6.45, 7) is 37.4. The Balaban J connectivity index is 0.000000271. The first-order valence-corrected chi connectivity index (χ1v) is 38.2. The third-order valence-corrected chi connectivity index (χ3v) is 28.2. The normalized spacial score (nSPS) is 28.3. The summed E-state index contributed by atoms with van der Waals surface area (Å²) in [5.41, 5.74) is -1.88. The highest BCUT2D eigenvalue weighted by molar-refractivity contribution is 7.93. The second-order valence-electron chi connectivity index (χ2n) is 34.2. The molecule has 3 unspecified atom stereocenters. The number of likely N-dealkylation sites (tertiary alicyclic amines) is 2. The Morgan fingerprint density at radius 1 is 0.531 bits per heavy atom. The average Bonchev–Trinajstić information content (AvgIpc) is 1.53. The quantitative estimate of drug-likeness (QED) is 0.0425. The van der Waals surface area contributed by atoms with Gasteiger partial charge in [0.1, 0.15) is 24.2 Å². The zero-order valence-electron chi connectivity index (χ0n) is 60.1. The summed E-state index contributed by atoms with van der Waals surface area (Å²) in [7, 11) is -7.10. The van der Waals surface area contributed by atoms with E-state index in [0.29, 0.717) is 57.5 Å². The number of piperidine rings is 2. The zero-order valence-corrected chi connectivity index (χ0v) is 61.7. The summed E-state index contributed by atoms with van der Waals surface area (Å²) in [6, 6.07) is -8.00. The fourth-order valence-electron chi connectivity index (χ4n) is 15.4. The van der Waals surface area contributed by atoms with Gasteiger partial charge in [0.25, 0.3) is 11.8 Å². The molecule has 0 aromatic heterocycles. The van der Waals surface area contributed by atoms with Crippen molar-refractivity contribution >= 4 is 73.0 Å². The number of ketones is 1. The van der Waals surface area contributed by atoms with E-state index < -0.39 is 158 Å². The number of urea groups is 2. The molecule has 0 aromatic rings. The van der Waals surface area contributed by atoms with Gasteiger partial charge >= 0.3 is 12.1 Å². The van der Waals surface area contributed by atoms with Gasteiger partial charge in [-0.15, -0.1) is 13.2 Å². The van der Waals surface area contributed by atoms with Gasteiger partial charge in [0.15, 0.2) is 25.8 Å². The van der Waals surface area contributed by atoms with Crippen LogP contribution in [0.2, 0.25) is 0 Å². The number of hydrogen-bond acceptors (Lipinski definition) is 14. The Morgan fingerprint density at radius 2 is 0.906 bits per heavy atom. The first-order chi connectivity index (χ1) is 44.2. The zero-order chi connectivity index (χ0) is 72.0. The van der Waals surface area contributed by atoms with Gasteiger partial charge in [-0.1, -0.05) is 133 Å². The summed E-state index contributed by atoms with van der Waals surface area (Å²) in [4.78, 5) is 125. The molecule has 0 bridgehead atoms. The van der Waals surface area contributed by atoms with Gasteiger partial charge in [-0.2, -0.15) is 0 Å². The lowest BCUT2D eigenvalue weighted by Crippen LogP contribution is -2.63. The van der Waals surface area contributed by atoms with E-state index in [-0.39, 0.29) is 53.5 Å². The van der Waals surface area contributed by atoms with Gasteiger partial charge in [-0.25, -0.2) is 26.4 Å². The summed E-state index contributed by atoms with van der Waals surface area (Å²) >= 11 is 0. The van der Waals surface area contributed by atoms with Crippen LogP contribution in [0.5, 0.6) is 0 Å². The fourth-order valence-corrected chi connectivity index (χ4v) is 19.4. The van der Waals surface area contributed by atoms with Crippen LogP contribution in [0, 0.1) is 57.2 Å². The van der Waals surface area contributed by atoms with Crippen molar-refractivity contribution in [3.05, 3.63) is 25.3 Å². The molecule has 2 saturated heterocycles. The molecule has 26 heteroatoms.